The third kappa shape index (κ3) is 4.84. The van der Waals surface area contributed by atoms with Crippen LogP contribution in [-0.2, 0) is 6.54 Å². The van der Waals surface area contributed by atoms with Crippen molar-refractivity contribution in [2.24, 2.45) is 5.92 Å². The van der Waals surface area contributed by atoms with Crippen LogP contribution < -0.4 is 5.32 Å². The molecule has 0 aliphatic carbocycles. The summed E-state index contributed by atoms with van der Waals surface area (Å²) in [6.45, 7) is 4.51. The van der Waals surface area contributed by atoms with E-state index in [0.717, 1.165) is 23.5 Å². The minimum absolute atomic E-state index is 0. The first-order valence-corrected chi connectivity index (χ1v) is 7.04. The molecular weight excluding hydrogens is 314 g/mol. The lowest BCUT2D eigenvalue weighted by atomic mass is 9.98. The fourth-order valence-electron chi connectivity index (χ4n) is 2.48. The van der Waals surface area contributed by atoms with Crippen LogP contribution in [0.3, 0.4) is 0 Å². The molecule has 0 saturated carbocycles. The molecule has 1 aromatic rings. The molecule has 1 N–H and O–H groups in total. The van der Waals surface area contributed by atoms with Gasteiger partial charge in [-0.25, -0.2) is 0 Å². The van der Waals surface area contributed by atoms with Crippen molar-refractivity contribution in [2.75, 3.05) is 26.7 Å². The Morgan fingerprint density at radius 3 is 3.00 bits per heavy atom. The number of aromatic nitrogens is 1. The van der Waals surface area contributed by atoms with Gasteiger partial charge in [0.1, 0.15) is 0 Å². The second-order valence-electron chi connectivity index (χ2n) is 4.77. The number of hydrogen-bond donors (Lipinski definition) is 1. The van der Waals surface area contributed by atoms with E-state index in [4.69, 9.17) is 0 Å². The number of hydrogen-bond acceptors (Lipinski definition) is 3. The van der Waals surface area contributed by atoms with E-state index < -0.39 is 0 Å². The SMILES string of the molecule is CNCC1CCCN(Cc2ccc(Br)cn2)C1.Cl. The Labute approximate surface area is 124 Å². The van der Waals surface area contributed by atoms with Gasteiger partial charge in [0.15, 0.2) is 0 Å². The molecule has 3 nitrogen and oxygen atoms in total. The molecule has 0 spiro atoms. The summed E-state index contributed by atoms with van der Waals surface area (Å²) in [7, 11) is 2.04. The first-order valence-electron chi connectivity index (χ1n) is 6.25. The van der Waals surface area contributed by atoms with Crippen molar-refractivity contribution in [2.45, 2.75) is 19.4 Å². The standard InChI is InChI=1S/C13H20BrN3.ClH/c1-15-7-11-3-2-6-17(9-11)10-13-5-4-12(14)8-16-13;/h4-5,8,11,15H,2-3,6-7,9-10H2,1H3;1H. The molecule has 1 unspecified atom stereocenters. The van der Waals surface area contributed by atoms with Crippen LogP contribution in [0.4, 0.5) is 0 Å². The summed E-state index contributed by atoms with van der Waals surface area (Å²) in [6.07, 6.45) is 4.54. The molecule has 1 aliphatic heterocycles. The second kappa shape index (κ2) is 8.10. The minimum Gasteiger partial charge on any atom is -0.319 e. The molecule has 1 atom stereocenters. The third-order valence-corrected chi connectivity index (χ3v) is 3.74. The first-order chi connectivity index (χ1) is 8.28. The van der Waals surface area contributed by atoms with Gasteiger partial charge in [-0.3, -0.25) is 9.88 Å². The summed E-state index contributed by atoms with van der Waals surface area (Å²) in [5, 5.41) is 3.28. The van der Waals surface area contributed by atoms with E-state index >= 15 is 0 Å². The van der Waals surface area contributed by atoms with Crippen molar-refractivity contribution in [1.29, 1.82) is 0 Å². The zero-order valence-electron chi connectivity index (χ0n) is 10.7. The smallest absolute Gasteiger partial charge is 0.0544 e. The predicted molar refractivity (Wildman–Crippen MR) is 81.1 cm³/mol. The Bertz CT molecular complexity index is 343. The van der Waals surface area contributed by atoms with Crippen LogP contribution in [-0.4, -0.2) is 36.6 Å². The quantitative estimate of drug-likeness (QED) is 0.917. The summed E-state index contributed by atoms with van der Waals surface area (Å²) >= 11 is 3.42. The number of halogens is 2. The van der Waals surface area contributed by atoms with Gasteiger partial charge >= 0.3 is 0 Å². The van der Waals surface area contributed by atoms with E-state index in [2.05, 4.69) is 43.3 Å². The third-order valence-electron chi connectivity index (χ3n) is 3.27. The van der Waals surface area contributed by atoms with Crippen molar-refractivity contribution in [3.63, 3.8) is 0 Å². The largest absolute Gasteiger partial charge is 0.319 e. The highest BCUT2D eigenvalue weighted by atomic mass is 79.9. The monoisotopic (exact) mass is 333 g/mol. The highest BCUT2D eigenvalue weighted by Crippen LogP contribution is 2.18. The zero-order valence-corrected chi connectivity index (χ0v) is 13.1. The second-order valence-corrected chi connectivity index (χ2v) is 5.68. The molecule has 102 valence electrons. The minimum atomic E-state index is 0. The molecule has 1 saturated heterocycles. The molecule has 0 amide bonds. The van der Waals surface area contributed by atoms with E-state index in [-0.39, 0.29) is 12.4 Å². The maximum absolute atomic E-state index is 4.44. The Hall–Kier alpha value is -0.160. The van der Waals surface area contributed by atoms with E-state index in [9.17, 15) is 0 Å². The van der Waals surface area contributed by atoms with Gasteiger partial charge < -0.3 is 5.32 Å². The Balaban J connectivity index is 0.00000162. The Morgan fingerprint density at radius 1 is 1.50 bits per heavy atom. The van der Waals surface area contributed by atoms with Crippen molar-refractivity contribution in [3.05, 3.63) is 28.5 Å². The lowest BCUT2D eigenvalue weighted by molar-refractivity contribution is 0.165. The maximum atomic E-state index is 4.44. The normalized spacial score (nSPS) is 20.4. The van der Waals surface area contributed by atoms with Gasteiger partial charge in [0.05, 0.1) is 5.69 Å². The lowest BCUT2D eigenvalue weighted by Gasteiger charge is -2.32. The molecule has 0 aromatic carbocycles. The highest BCUT2D eigenvalue weighted by molar-refractivity contribution is 9.10. The Kier molecular flexibility index (Phi) is 7.15. The summed E-state index contributed by atoms with van der Waals surface area (Å²) in [5.74, 6) is 0.796. The summed E-state index contributed by atoms with van der Waals surface area (Å²) in [6, 6.07) is 4.17. The lowest BCUT2D eigenvalue weighted by Crippen LogP contribution is -2.38. The number of pyridine rings is 1. The van der Waals surface area contributed by atoms with Crippen molar-refractivity contribution < 1.29 is 0 Å². The van der Waals surface area contributed by atoms with Gasteiger partial charge in [0.2, 0.25) is 0 Å². The van der Waals surface area contributed by atoms with Gasteiger partial charge in [-0.05, 0) is 67.0 Å². The van der Waals surface area contributed by atoms with Crippen LogP contribution >= 0.6 is 28.3 Å². The molecule has 1 aromatic heterocycles. The van der Waals surface area contributed by atoms with Crippen molar-refractivity contribution in [3.8, 4) is 0 Å². The molecule has 2 heterocycles. The Morgan fingerprint density at radius 2 is 2.33 bits per heavy atom. The number of nitrogens with one attached hydrogen (secondary N) is 1. The average molecular weight is 335 g/mol. The molecule has 5 heteroatoms. The van der Waals surface area contributed by atoms with E-state index in [1.54, 1.807) is 0 Å². The summed E-state index contributed by atoms with van der Waals surface area (Å²) in [4.78, 5) is 6.95. The number of rotatable bonds is 4. The number of likely N-dealkylation sites (tertiary alicyclic amines) is 1. The maximum Gasteiger partial charge on any atom is 0.0544 e. The number of nitrogens with zero attached hydrogens (tertiary/aromatic N) is 2. The van der Waals surface area contributed by atoms with E-state index in [1.807, 2.05) is 13.2 Å². The van der Waals surface area contributed by atoms with E-state index in [0.29, 0.717) is 0 Å². The number of piperidine rings is 1. The molecule has 1 fully saturated rings. The molecular formula is C13H21BrClN3. The average Bonchev–Trinajstić information content (AvgIpc) is 2.33. The van der Waals surface area contributed by atoms with Crippen molar-refractivity contribution >= 4 is 28.3 Å². The first kappa shape index (κ1) is 15.9. The summed E-state index contributed by atoms with van der Waals surface area (Å²) in [5.41, 5.74) is 1.17. The van der Waals surface area contributed by atoms with Crippen LogP contribution in [0.15, 0.2) is 22.8 Å². The van der Waals surface area contributed by atoms with Crippen molar-refractivity contribution in [1.82, 2.24) is 15.2 Å². The molecule has 0 radical (unpaired) electrons. The van der Waals surface area contributed by atoms with Gasteiger partial charge in [0.25, 0.3) is 0 Å². The van der Waals surface area contributed by atoms with E-state index in [1.165, 1.54) is 31.6 Å². The van der Waals surface area contributed by atoms with Crippen LogP contribution in [0.1, 0.15) is 18.5 Å². The zero-order chi connectivity index (χ0) is 12.1. The molecule has 18 heavy (non-hydrogen) atoms. The topological polar surface area (TPSA) is 28.2 Å². The van der Waals surface area contributed by atoms with Crippen LogP contribution in [0.25, 0.3) is 0 Å². The fraction of sp³-hybridized carbons (Fsp3) is 0.615. The summed E-state index contributed by atoms with van der Waals surface area (Å²) < 4.78 is 1.05. The van der Waals surface area contributed by atoms with Gasteiger partial charge in [-0.15, -0.1) is 12.4 Å². The van der Waals surface area contributed by atoms with Crippen LogP contribution in [0.5, 0.6) is 0 Å². The van der Waals surface area contributed by atoms with Crippen LogP contribution in [0.2, 0.25) is 0 Å². The predicted octanol–water partition coefficient (Wildman–Crippen LogP) is 2.70. The molecule has 0 bridgehead atoms. The molecule has 1 aliphatic rings. The van der Waals surface area contributed by atoms with Crippen LogP contribution in [0, 0.1) is 5.92 Å². The van der Waals surface area contributed by atoms with Gasteiger partial charge in [-0.2, -0.15) is 0 Å². The molecule has 2 rings (SSSR count). The highest BCUT2D eigenvalue weighted by Gasteiger charge is 2.19. The van der Waals surface area contributed by atoms with Gasteiger partial charge in [0, 0.05) is 23.8 Å². The van der Waals surface area contributed by atoms with Gasteiger partial charge in [-0.1, -0.05) is 0 Å². The fourth-order valence-corrected chi connectivity index (χ4v) is 2.71.